The standard InChI is InChI=1S/C20H15N3O2/c24-20(16-13-21-10-11-22-16)23-19(14-6-2-1-3-7-14)18-12-15-8-4-5-9-17(15)25-18/h1-13,19H,(H,23,24). The number of hydrogen-bond donors (Lipinski definition) is 1. The molecule has 0 saturated heterocycles. The van der Waals surface area contributed by atoms with E-state index in [0.29, 0.717) is 5.76 Å². The van der Waals surface area contributed by atoms with Crippen LogP contribution in [0.2, 0.25) is 0 Å². The zero-order chi connectivity index (χ0) is 17.1. The second-order valence-corrected chi connectivity index (χ2v) is 5.59. The Morgan fingerprint density at radius 3 is 2.56 bits per heavy atom. The van der Waals surface area contributed by atoms with Crippen molar-refractivity contribution in [3.63, 3.8) is 0 Å². The molecule has 0 saturated carbocycles. The van der Waals surface area contributed by atoms with Crippen molar-refractivity contribution in [2.75, 3.05) is 0 Å². The van der Waals surface area contributed by atoms with Crippen LogP contribution in [0.4, 0.5) is 0 Å². The highest BCUT2D eigenvalue weighted by molar-refractivity contribution is 5.92. The number of hydrogen-bond acceptors (Lipinski definition) is 4. The first kappa shape index (κ1) is 15.1. The Labute approximate surface area is 144 Å². The topological polar surface area (TPSA) is 68.0 Å². The van der Waals surface area contributed by atoms with Gasteiger partial charge in [-0.05, 0) is 17.7 Å². The Balaban J connectivity index is 1.73. The van der Waals surface area contributed by atoms with E-state index in [1.165, 1.54) is 18.6 Å². The molecule has 4 aromatic rings. The average Bonchev–Trinajstić information content (AvgIpc) is 3.11. The van der Waals surface area contributed by atoms with Gasteiger partial charge in [0.05, 0.1) is 6.20 Å². The van der Waals surface area contributed by atoms with Crippen LogP contribution < -0.4 is 5.32 Å². The first-order valence-electron chi connectivity index (χ1n) is 7.91. The first-order valence-corrected chi connectivity index (χ1v) is 7.91. The molecule has 0 spiro atoms. The van der Waals surface area contributed by atoms with Gasteiger partial charge in [0.15, 0.2) is 0 Å². The molecule has 1 atom stereocenters. The highest BCUT2D eigenvalue weighted by Crippen LogP contribution is 2.28. The van der Waals surface area contributed by atoms with E-state index >= 15 is 0 Å². The second kappa shape index (κ2) is 6.57. The molecule has 2 heterocycles. The van der Waals surface area contributed by atoms with Gasteiger partial charge in [0.25, 0.3) is 5.91 Å². The van der Waals surface area contributed by atoms with Crippen molar-refractivity contribution in [3.05, 3.63) is 96.3 Å². The molecule has 0 aliphatic heterocycles. The van der Waals surface area contributed by atoms with Crippen molar-refractivity contribution in [3.8, 4) is 0 Å². The molecule has 1 unspecified atom stereocenters. The fraction of sp³-hybridized carbons (Fsp3) is 0.0500. The van der Waals surface area contributed by atoms with Crippen molar-refractivity contribution in [2.24, 2.45) is 0 Å². The zero-order valence-electron chi connectivity index (χ0n) is 13.3. The van der Waals surface area contributed by atoms with Gasteiger partial charge >= 0.3 is 0 Å². The summed E-state index contributed by atoms with van der Waals surface area (Å²) >= 11 is 0. The van der Waals surface area contributed by atoms with Crippen molar-refractivity contribution < 1.29 is 9.21 Å². The molecule has 5 nitrogen and oxygen atoms in total. The third-order valence-electron chi connectivity index (χ3n) is 3.93. The Morgan fingerprint density at radius 2 is 1.80 bits per heavy atom. The predicted octanol–water partition coefficient (Wildman–Crippen LogP) is 3.74. The summed E-state index contributed by atoms with van der Waals surface area (Å²) in [6.07, 6.45) is 4.47. The number of nitrogens with zero attached hydrogens (tertiary/aromatic N) is 2. The van der Waals surface area contributed by atoms with Gasteiger partial charge in [-0.2, -0.15) is 0 Å². The van der Waals surface area contributed by atoms with E-state index in [0.717, 1.165) is 16.5 Å². The average molecular weight is 329 g/mol. The highest BCUT2D eigenvalue weighted by Gasteiger charge is 2.22. The predicted molar refractivity (Wildman–Crippen MR) is 94.0 cm³/mol. The molecule has 1 N–H and O–H groups in total. The normalized spacial score (nSPS) is 12.0. The zero-order valence-corrected chi connectivity index (χ0v) is 13.3. The Kier molecular flexibility index (Phi) is 3.96. The minimum Gasteiger partial charge on any atom is -0.459 e. The van der Waals surface area contributed by atoms with Crippen LogP contribution in [0.25, 0.3) is 11.0 Å². The maximum atomic E-state index is 12.6. The molecular weight excluding hydrogens is 314 g/mol. The highest BCUT2D eigenvalue weighted by atomic mass is 16.3. The van der Waals surface area contributed by atoms with Crippen LogP contribution in [0.5, 0.6) is 0 Å². The molecule has 25 heavy (non-hydrogen) atoms. The molecule has 0 radical (unpaired) electrons. The maximum absolute atomic E-state index is 12.6. The minimum atomic E-state index is -0.414. The fourth-order valence-electron chi connectivity index (χ4n) is 2.73. The molecule has 2 aromatic carbocycles. The molecule has 0 aliphatic carbocycles. The Morgan fingerprint density at radius 1 is 1.00 bits per heavy atom. The summed E-state index contributed by atoms with van der Waals surface area (Å²) in [6, 6.07) is 19.0. The van der Waals surface area contributed by atoms with Crippen LogP contribution in [-0.2, 0) is 0 Å². The van der Waals surface area contributed by atoms with Gasteiger partial charge < -0.3 is 9.73 Å². The number of aromatic nitrogens is 2. The lowest BCUT2D eigenvalue weighted by atomic mass is 10.0. The van der Waals surface area contributed by atoms with Gasteiger partial charge in [0.1, 0.15) is 23.1 Å². The van der Waals surface area contributed by atoms with Crippen LogP contribution in [0, 0.1) is 0 Å². The second-order valence-electron chi connectivity index (χ2n) is 5.59. The molecule has 1 amide bonds. The van der Waals surface area contributed by atoms with Crippen LogP contribution in [0.15, 0.2) is 83.7 Å². The van der Waals surface area contributed by atoms with Crippen LogP contribution >= 0.6 is 0 Å². The quantitative estimate of drug-likeness (QED) is 0.619. The first-order chi connectivity index (χ1) is 12.3. The van der Waals surface area contributed by atoms with E-state index in [4.69, 9.17) is 4.42 Å². The smallest absolute Gasteiger partial charge is 0.272 e. The van der Waals surface area contributed by atoms with Crippen molar-refractivity contribution >= 4 is 16.9 Å². The largest absolute Gasteiger partial charge is 0.459 e. The summed E-state index contributed by atoms with van der Waals surface area (Å²) in [5, 5.41) is 3.98. The SMILES string of the molecule is O=C(NC(c1ccccc1)c1cc2ccccc2o1)c1cnccn1. The van der Waals surface area contributed by atoms with Gasteiger partial charge in [-0.15, -0.1) is 0 Å². The number of amides is 1. The number of fused-ring (bicyclic) bond motifs is 1. The van der Waals surface area contributed by atoms with Crippen LogP contribution in [-0.4, -0.2) is 15.9 Å². The van der Waals surface area contributed by atoms with E-state index in [1.54, 1.807) is 0 Å². The molecule has 0 aliphatic rings. The van der Waals surface area contributed by atoms with Crippen molar-refractivity contribution in [1.82, 2.24) is 15.3 Å². The van der Waals surface area contributed by atoms with Crippen molar-refractivity contribution in [1.29, 1.82) is 0 Å². The Hall–Kier alpha value is -3.47. The summed E-state index contributed by atoms with van der Waals surface area (Å²) in [7, 11) is 0. The molecule has 0 bridgehead atoms. The lowest BCUT2D eigenvalue weighted by Gasteiger charge is -2.16. The minimum absolute atomic E-state index is 0.263. The molecule has 0 fully saturated rings. The monoisotopic (exact) mass is 329 g/mol. The number of rotatable bonds is 4. The van der Waals surface area contributed by atoms with E-state index in [-0.39, 0.29) is 11.6 Å². The molecule has 4 rings (SSSR count). The third-order valence-corrected chi connectivity index (χ3v) is 3.93. The summed E-state index contributed by atoms with van der Waals surface area (Å²) in [6.45, 7) is 0. The summed E-state index contributed by atoms with van der Waals surface area (Å²) in [5.74, 6) is 0.368. The number of furan rings is 1. The molecule has 5 heteroatoms. The van der Waals surface area contributed by atoms with Gasteiger partial charge in [0.2, 0.25) is 0 Å². The van der Waals surface area contributed by atoms with Gasteiger partial charge in [0, 0.05) is 17.8 Å². The van der Waals surface area contributed by atoms with E-state index in [9.17, 15) is 4.79 Å². The molecule has 122 valence electrons. The molecule has 2 aromatic heterocycles. The number of benzene rings is 2. The number of carbonyl (C=O) groups excluding carboxylic acids is 1. The maximum Gasteiger partial charge on any atom is 0.272 e. The van der Waals surface area contributed by atoms with Crippen LogP contribution in [0.1, 0.15) is 27.9 Å². The number of nitrogens with one attached hydrogen (secondary N) is 1. The van der Waals surface area contributed by atoms with Gasteiger partial charge in [-0.1, -0.05) is 48.5 Å². The lowest BCUT2D eigenvalue weighted by molar-refractivity contribution is 0.0934. The molecular formula is C20H15N3O2. The Bertz CT molecular complexity index is 964. The van der Waals surface area contributed by atoms with E-state index in [1.807, 2.05) is 60.7 Å². The lowest BCUT2D eigenvalue weighted by Crippen LogP contribution is -2.29. The van der Waals surface area contributed by atoms with E-state index < -0.39 is 6.04 Å². The fourth-order valence-corrected chi connectivity index (χ4v) is 2.73. The summed E-state index contributed by atoms with van der Waals surface area (Å²) < 4.78 is 5.97. The van der Waals surface area contributed by atoms with E-state index in [2.05, 4.69) is 15.3 Å². The number of para-hydroxylation sites is 1. The van der Waals surface area contributed by atoms with Crippen molar-refractivity contribution in [2.45, 2.75) is 6.04 Å². The summed E-state index contributed by atoms with van der Waals surface area (Å²) in [5.41, 5.74) is 1.98. The third kappa shape index (κ3) is 3.12. The number of carbonyl (C=O) groups is 1. The van der Waals surface area contributed by atoms with Gasteiger partial charge in [-0.3, -0.25) is 9.78 Å². The van der Waals surface area contributed by atoms with Crippen LogP contribution in [0.3, 0.4) is 0 Å². The van der Waals surface area contributed by atoms with Gasteiger partial charge in [-0.25, -0.2) is 4.98 Å². The summed E-state index contributed by atoms with van der Waals surface area (Å²) in [4.78, 5) is 20.6.